The number of methoxy groups -OCH3 is 1. The number of benzene rings is 1. The van der Waals surface area contributed by atoms with Gasteiger partial charge < -0.3 is 15.0 Å². The number of pyridine rings is 1. The predicted molar refractivity (Wildman–Crippen MR) is 107 cm³/mol. The van der Waals surface area contributed by atoms with Crippen LogP contribution in [-0.2, 0) is 16.1 Å². The molecule has 27 heavy (non-hydrogen) atoms. The Morgan fingerprint density at radius 3 is 2.85 bits per heavy atom. The minimum absolute atomic E-state index is 0.0225. The third kappa shape index (κ3) is 3.56. The Balaban J connectivity index is 1.77. The molecule has 5 nitrogen and oxygen atoms in total. The molecule has 1 unspecified atom stereocenters. The summed E-state index contributed by atoms with van der Waals surface area (Å²) < 4.78 is 5.50. The molecule has 1 aromatic heterocycles. The molecule has 0 spiro atoms. The summed E-state index contributed by atoms with van der Waals surface area (Å²) in [4.78, 5) is 19.9. The van der Waals surface area contributed by atoms with Crippen molar-refractivity contribution in [2.75, 3.05) is 17.3 Å². The molecule has 1 aromatic carbocycles. The van der Waals surface area contributed by atoms with Gasteiger partial charge in [-0.05, 0) is 43.5 Å². The van der Waals surface area contributed by atoms with Crippen LogP contribution in [0.2, 0.25) is 0 Å². The van der Waals surface area contributed by atoms with Crippen LogP contribution in [0, 0.1) is 5.92 Å². The normalized spacial score (nSPS) is 18.1. The highest BCUT2D eigenvalue weighted by Gasteiger charge is 2.31. The number of nitrogens with one attached hydrogen (secondary N) is 1. The molecule has 1 saturated carbocycles. The standard InChI is InChI=1S/C22H27N3O2/c1-15(27-2)17-10-11-19-20(13-17)25(22(26)16-7-4-3-5-8-16)14-18-9-6-12-23-21(18)24-19/h6,9-13,15-16H,3-5,7-8,14H2,1-2H3,(H,23,24). The van der Waals surface area contributed by atoms with Crippen LogP contribution in [0.3, 0.4) is 0 Å². The van der Waals surface area contributed by atoms with Gasteiger partial charge in [0.1, 0.15) is 5.82 Å². The number of carbonyl (C=O) groups is 1. The van der Waals surface area contributed by atoms with Gasteiger partial charge in [-0.15, -0.1) is 0 Å². The summed E-state index contributed by atoms with van der Waals surface area (Å²) >= 11 is 0. The van der Waals surface area contributed by atoms with E-state index < -0.39 is 0 Å². The van der Waals surface area contributed by atoms with Crippen LogP contribution in [0.1, 0.15) is 56.3 Å². The molecule has 1 aliphatic heterocycles. The van der Waals surface area contributed by atoms with Crippen molar-refractivity contribution < 1.29 is 9.53 Å². The predicted octanol–water partition coefficient (Wildman–Crippen LogP) is 4.96. The summed E-state index contributed by atoms with van der Waals surface area (Å²) in [5, 5.41) is 3.43. The number of ether oxygens (including phenoxy) is 1. The Morgan fingerprint density at radius 2 is 2.07 bits per heavy atom. The Bertz CT molecular complexity index is 830. The molecule has 1 atom stereocenters. The number of rotatable bonds is 3. The van der Waals surface area contributed by atoms with Gasteiger partial charge in [0, 0.05) is 24.8 Å². The number of carbonyl (C=O) groups excluding carboxylic acids is 1. The van der Waals surface area contributed by atoms with Crippen LogP contribution in [0.4, 0.5) is 17.2 Å². The molecule has 2 heterocycles. The van der Waals surface area contributed by atoms with E-state index in [0.29, 0.717) is 6.54 Å². The smallest absolute Gasteiger partial charge is 0.230 e. The first-order valence-electron chi connectivity index (χ1n) is 9.86. The zero-order chi connectivity index (χ0) is 18.8. The lowest BCUT2D eigenvalue weighted by molar-refractivity contribution is -0.123. The largest absolute Gasteiger partial charge is 0.377 e. The molecule has 1 N–H and O–H groups in total. The third-order valence-corrected chi connectivity index (χ3v) is 5.83. The molecule has 1 aliphatic carbocycles. The lowest BCUT2D eigenvalue weighted by Crippen LogP contribution is -2.36. The van der Waals surface area contributed by atoms with Gasteiger partial charge >= 0.3 is 0 Å². The summed E-state index contributed by atoms with van der Waals surface area (Å²) in [5.41, 5.74) is 3.95. The van der Waals surface area contributed by atoms with Crippen LogP contribution in [0.25, 0.3) is 0 Å². The van der Waals surface area contributed by atoms with Gasteiger partial charge in [-0.3, -0.25) is 4.79 Å². The number of fused-ring (bicyclic) bond motifs is 2. The lowest BCUT2D eigenvalue weighted by atomic mass is 9.88. The summed E-state index contributed by atoms with van der Waals surface area (Å²) in [6, 6.07) is 10.1. The van der Waals surface area contributed by atoms with Crippen molar-refractivity contribution >= 4 is 23.1 Å². The molecule has 2 aromatic rings. The van der Waals surface area contributed by atoms with Gasteiger partial charge in [0.25, 0.3) is 0 Å². The summed E-state index contributed by atoms with van der Waals surface area (Å²) in [6.07, 6.45) is 7.28. The van der Waals surface area contributed by atoms with E-state index in [1.165, 1.54) is 6.42 Å². The van der Waals surface area contributed by atoms with Gasteiger partial charge in [0.05, 0.1) is 24.0 Å². The van der Waals surface area contributed by atoms with Crippen LogP contribution >= 0.6 is 0 Å². The number of anilines is 3. The number of nitrogens with zero attached hydrogens (tertiary/aromatic N) is 2. The number of hydrogen-bond acceptors (Lipinski definition) is 4. The van der Waals surface area contributed by atoms with Gasteiger partial charge in [-0.2, -0.15) is 0 Å². The van der Waals surface area contributed by atoms with Gasteiger partial charge in [-0.25, -0.2) is 4.98 Å². The van der Waals surface area contributed by atoms with E-state index in [2.05, 4.69) is 22.4 Å². The molecule has 2 aliphatic rings. The Morgan fingerprint density at radius 1 is 1.26 bits per heavy atom. The van der Waals surface area contributed by atoms with Crippen LogP contribution < -0.4 is 10.2 Å². The lowest BCUT2D eigenvalue weighted by Gasteiger charge is -2.30. The molecule has 0 saturated heterocycles. The maximum atomic E-state index is 13.5. The molecule has 142 valence electrons. The van der Waals surface area contributed by atoms with Crippen LogP contribution in [0.15, 0.2) is 36.5 Å². The fourth-order valence-electron chi connectivity index (χ4n) is 4.10. The molecular formula is C22H27N3O2. The zero-order valence-electron chi connectivity index (χ0n) is 16.1. The molecule has 1 fully saturated rings. The first-order chi connectivity index (χ1) is 13.2. The summed E-state index contributed by atoms with van der Waals surface area (Å²) in [5.74, 6) is 1.18. The van der Waals surface area contributed by atoms with Crippen molar-refractivity contribution in [3.63, 3.8) is 0 Å². The molecule has 4 rings (SSSR count). The molecule has 0 radical (unpaired) electrons. The van der Waals surface area contributed by atoms with Crippen molar-refractivity contribution in [2.45, 2.75) is 51.7 Å². The summed E-state index contributed by atoms with van der Waals surface area (Å²) in [6.45, 7) is 2.57. The highest BCUT2D eigenvalue weighted by molar-refractivity contribution is 5.99. The minimum Gasteiger partial charge on any atom is -0.377 e. The van der Waals surface area contributed by atoms with E-state index in [-0.39, 0.29) is 17.9 Å². The molecular weight excluding hydrogens is 338 g/mol. The van der Waals surface area contributed by atoms with Crippen molar-refractivity contribution in [1.82, 2.24) is 4.98 Å². The van der Waals surface area contributed by atoms with Crippen molar-refractivity contribution in [3.05, 3.63) is 47.7 Å². The van der Waals surface area contributed by atoms with Gasteiger partial charge in [0.2, 0.25) is 5.91 Å². The van der Waals surface area contributed by atoms with E-state index in [1.807, 2.05) is 30.0 Å². The van der Waals surface area contributed by atoms with E-state index in [1.54, 1.807) is 13.3 Å². The van der Waals surface area contributed by atoms with Gasteiger partial charge in [0.15, 0.2) is 0 Å². The quantitative estimate of drug-likeness (QED) is 0.835. The average molecular weight is 365 g/mol. The van der Waals surface area contributed by atoms with Crippen LogP contribution in [0.5, 0.6) is 0 Å². The zero-order valence-corrected chi connectivity index (χ0v) is 16.1. The second-order valence-electron chi connectivity index (χ2n) is 7.55. The van der Waals surface area contributed by atoms with Crippen molar-refractivity contribution in [2.24, 2.45) is 5.92 Å². The van der Waals surface area contributed by atoms with Crippen molar-refractivity contribution in [1.29, 1.82) is 0 Å². The maximum Gasteiger partial charge on any atom is 0.230 e. The Kier molecular flexibility index (Phi) is 5.12. The van der Waals surface area contributed by atoms with Gasteiger partial charge in [-0.1, -0.05) is 31.4 Å². The van der Waals surface area contributed by atoms with E-state index in [0.717, 1.165) is 54.0 Å². The van der Waals surface area contributed by atoms with E-state index >= 15 is 0 Å². The second kappa shape index (κ2) is 7.69. The topological polar surface area (TPSA) is 54.5 Å². The number of amides is 1. The fourth-order valence-corrected chi connectivity index (χ4v) is 4.10. The fraction of sp³-hybridized carbons (Fsp3) is 0.455. The van der Waals surface area contributed by atoms with Crippen molar-refractivity contribution in [3.8, 4) is 0 Å². The number of aromatic nitrogens is 1. The second-order valence-corrected chi connectivity index (χ2v) is 7.55. The molecule has 0 bridgehead atoms. The average Bonchev–Trinajstić information content (AvgIpc) is 2.89. The first kappa shape index (κ1) is 18.0. The molecule has 1 amide bonds. The molecule has 5 heteroatoms. The monoisotopic (exact) mass is 365 g/mol. The Labute approximate surface area is 160 Å². The first-order valence-corrected chi connectivity index (χ1v) is 9.86. The highest BCUT2D eigenvalue weighted by atomic mass is 16.5. The Hall–Kier alpha value is -2.40. The summed E-state index contributed by atoms with van der Waals surface area (Å²) in [7, 11) is 1.71. The maximum absolute atomic E-state index is 13.5. The highest BCUT2D eigenvalue weighted by Crippen LogP contribution is 2.39. The third-order valence-electron chi connectivity index (χ3n) is 5.83. The SMILES string of the molecule is COC(C)c1ccc2c(c1)N(C(=O)C1CCCCC1)Cc1cccnc1N2. The number of hydrogen-bond donors (Lipinski definition) is 1. The van der Waals surface area contributed by atoms with E-state index in [4.69, 9.17) is 4.74 Å². The minimum atomic E-state index is -0.0225. The van der Waals surface area contributed by atoms with E-state index in [9.17, 15) is 4.79 Å². The van der Waals surface area contributed by atoms with Crippen LogP contribution in [-0.4, -0.2) is 18.0 Å².